The van der Waals surface area contributed by atoms with E-state index in [9.17, 15) is 8.42 Å². The highest BCUT2D eigenvalue weighted by Crippen LogP contribution is 2.31. The van der Waals surface area contributed by atoms with Crippen LogP contribution < -0.4 is 14.2 Å². The lowest BCUT2D eigenvalue weighted by atomic mass is 10.2. The van der Waals surface area contributed by atoms with E-state index in [-0.39, 0.29) is 10.3 Å². The Balaban J connectivity index is 1.42. The summed E-state index contributed by atoms with van der Waals surface area (Å²) < 4.78 is 40.8. The molecule has 0 radical (unpaired) electrons. The molecule has 26 heavy (non-hydrogen) atoms. The number of anilines is 1. The predicted octanol–water partition coefficient (Wildman–Crippen LogP) is 3.24. The first-order valence-electron chi connectivity index (χ1n) is 7.69. The molecule has 0 saturated heterocycles. The number of hydrogen-bond acceptors (Lipinski definition) is 6. The minimum Gasteiger partial charge on any atom is -0.486 e. The number of hydrogen-bond donors (Lipinski definition) is 1. The van der Waals surface area contributed by atoms with Gasteiger partial charge in [-0.3, -0.25) is 9.40 Å². The van der Waals surface area contributed by atoms with Crippen LogP contribution in [-0.4, -0.2) is 30.9 Å². The molecule has 1 aliphatic heterocycles. The SMILES string of the molecule is O=S(=O)(Nc1cnn(C[C@@H]2COc3ccccc3O2)c1)c1ccc(Cl)s1. The molecule has 1 aromatic carbocycles. The molecule has 3 heterocycles. The number of thiophene rings is 1. The summed E-state index contributed by atoms with van der Waals surface area (Å²) in [5.74, 6) is 1.40. The number of benzene rings is 1. The zero-order valence-electron chi connectivity index (χ0n) is 13.3. The fraction of sp³-hybridized carbons (Fsp3) is 0.188. The first-order chi connectivity index (χ1) is 12.5. The Morgan fingerprint density at radius 1 is 1.27 bits per heavy atom. The number of aromatic nitrogens is 2. The maximum atomic E-state index is 12.3. The molecular weight excluding hydrogens is 398 g/mol. The molecule has 0 fully saturated rings. The molecule has 0 saturated carbocycles. The Kier molecular flexibility index (Phi) is 4.51. The van der Waals surface area contributed by atoms with Crippen molar-refractivity contribution in [2.24, 2.45) is 0 Å². The van der Waals surface area contributed by atoms with Gasteiger partial charge in [0.2, 0.25) is 0 Å². The number of rotatable bonds is 5. The monoisotopic (exact) mass is 411 g/mol. The van der Waals surface area contributed by atoms with Crippen molar-refractivity contribution in [3.05, 3.63) is 53.1 Å². The summed E-state index contributed by atoms with van der Waals surface area (Å²) in [6.45, 7) is 0.826. The molecule has 2 aromatic heterocycles. The molecule has 0 bridgehead atoms. The quantitative estimate of drug-likeness (QED) is 0.696. The average molecular weight is 412 g/mol. The van der Waals surface area contributed by atoms with Gasteiger partial charge in [-0.1, -0.05) is 23.7 Å². The average Bonchev–Trinajstić information content (AvgIpc) is 3.24. The number of sulfonamides is 1. The molecule has 1 N–H and O–H groups in total. The van der Waals surface area contributed by atoms with Gasteiger partial charge in [0.1, 0.15) is 10.8 Å². The van der Waals surface area contributed by atoms with Crippen LogP contribution in [0.4, 0.5) is 5.69 Å². The molecule has 0 aliphatic carbocycles. The molecule has 4 rings (SSSR count). The first-order valence-corrected chi connectivity index (χ1v) is 10.4. The fourth-order valence-electron chi connectivity index (χ4n) is 2.53. The number of nitrogens with one attached hydrogen (secondary N) is 1. The van der Waals surface area contributed by atoms with Gasteiger partial charge in [-0.05, 0) is 24.3 Å². The number of ether oxygens (including phenoxy) is 2. The second-order valence-electron chi connectivity index (χ2n) is 5.61. The van der Waals surface area contributed by atoms with Crippen LogP contribution in [0.2, 0.25) is 4.34 Å². The lowest BCUT2D eigenvalue weighted by Gasteiger charge is -2.26. The third kappa shape index (κ3) is 3.64. The molecule has 136 valence electrons. The van der Waals surface area contributed by atoms with Gasteiger partial charge in [0, 0.05) is 6.20 Å². The normalized spacial score (nSPS) is 16.4. The van der Waals surface area contributed by atoms with Crippen molar-refractivity contribution in [3.8, 4) is 11.5 Å². The summed E-state index contributed by atoms with van der Waals surface area (Å²) in [5.41, 5.74) is 0.367. The zero-order valence-corrected chi connectivity index (χ0v) is 15.7. The topological polar surface area (TPSA) is 82.5 Å². The molecule has 7 nitrogen and oxygen atoms in total. The third-order valence-corrected chi connectivity index (χ3v) is 6.76. The van der Waals surface area contributed by atoms with Crippen LogP contribution >= 0.6 is 22.9 Å². The molecule has 0 spiro atoms. The highest BCUT2D eigenvalue weighted by molar-refractivity contribution is 7.94. The van der Waals surface area contributed by atoms with Crippen molar-refractivity contribution >= 4 is 38.6 Å². The minimum atomic E-state index is -3.68. The Labute approximate surface area is 159 Å². The minimum absolute atomic E-state index is 0.149. The third-order valence-electron chi connectivity index (χ3n) is 3.66. The summed E-state index contributed by atoms with van der Waals surface area (Å²) in [6.07, 6.45) is 2.84. The van der Waals surface area contributed by atoms with Gasteiger partial charge in [-0.15, -0.1) is 11.3 Å². The van der Waals surface area contributed by atoms with E-state index < -0.39 is 10.0 Å². The molecule has 1 atom stereocenters. The lowest BCUT2D eigenvalue weighted by Crippen LogP contribution is -2.33. The molecule has 10 heteroatoms. The Hall–Kier alpha value is -2.23. The van der Waals surface area contributed by atoms with E-state index in [1.165, 1.54) is 12.3 Å². The van der Waals surface area contributed by atoms with E-state index in [0.29, 0.717) is 34.7 Å². The fourth-order valence-corrected chi connectivity index (χ4v) is 5.04. The lowest BCUT2D eigenvalue weighted by molar-refractivity contribution is 0.0759. The van der Waals surface area contributed by atoms with Gasteiger partial charge >= 0.3 is 0 Å². The Morgan fingerprint density at radius 2 is 2.08 bits per heavy atom. The highest BCUT2D eigenvalue weighted by Gasteiger charge is 2.22. The van der Waals surface area contributed by atoms with Crippen LogP contribution in [-0.2, 0) is 16.6 Å². The second-order valence-corrected chi connectivity index (χ2v) is 9.24. The summed E-state index contributed by atoms with van der Waals surface area (Å²) in [5, 5.41) is 4.18. The van der Waals surface area contributed by atoms with Crippen molar-refractivity contribution in [1.29, 1.82) is 0 Å². The molecule has 0 unspecified atom stereocenters. The summed E-state index contributed by atoms with van der Waals surface area (Å²) in [6, 6.07) is 10.5. The van der Waals surface area contributed by atoms with E-state index >= 15 is 0 Å². The number of fused-ring (bicyclic) bond motifs is 1. The van der Waals surface area contributed by atoms with E-state index in [0.717, 1.165) is 11.3 Å². The second kappa shape index (κ2) is 6.82. The summed E-state index contributed by atoms with van der Waals surface area (Å²) in [7, 11) is -3.68. The standard InChI is InChI=1S/C16H14ClN3O4S2/c17-15-5-6-16(25-15)26(21,22)19-11-7-18-20(8-11)9-12-10-23-13-3-1-2-4-14(13)24-12/h1-8,12,19H,9-10H2/t12-/m1/s1. The number of para-hydroxylation sites is 2. The highest BCUT2D eigenvalue weighted by atomic mass is 35.5. The largest absolute Gasteiger partial charge is 0.486 e. The molecule has 1 aliphatic rings. The van der Waals surface area contributed by atoms with E-state index in [2.05, 4.69) is 9.82 Å². The maximum absolute atomic E-state index is 12.3. The molecule has 3 aromatic rings. The summed E-state index contributed by atoms with van der Waals surface area (Å²) in [4.78, 5) is 0. The maximum Gasteiger partial charge on any atom is 0.271 e. The molecule has 0 amide bonds. The Bertz CT molecular complexity index is 1030. The van der Waals surface area contributed by atoms with Crippen LogP contribution in [0.5, 0.6) is 11.5 Å². The van der Waals surface area contributed by atoms with E-state index in [1.54, 1.807) is 16.9 Å². The van der Waals surface area contributed by atoms with Crippen molar-refractivity contribution in [1.82, 2.24) is 9.78 Å². The number of nitrogens with zero attached hydrogens (tertiary/aromatic N) is 2. The van der Waals surface area contributed by atoms with Crippen LogP contribution in [0.15, 0.2) is 53.0 Å². The van der Waals surface area contributed by atoms with E-state index in [1.807, 2.05) is 24.3 Å². The van der Waals surface area contributed by atoms with Crippen molar-refractivity contribution in [2.45, 2.75) is 16.9 Å². The predicted molar refractivity (Wildman–Crippen MR) is 98.7 cm³/mol. The van der Waals surface area contributed by atoms with Gasteiger partial charge in [0.25, 0.3) is 10.0 Å². The smallest absolute Gasteiger partial charge is 0.271 e. The van der Waals surface area contributed by atoms with Gasteiger partial charge in [0.05, 0.1) is 22.8 Å². The van der Waals surface area contributed by atoms with Crippen molar-refractivity contribution in [2.75, 3.05) is 11.3 Å². The van der Waals surface area contributed by atoms with Crippen molar-refractivity contribution < 1.29 is 17.9 Å². The van der Waals surface area contributed by atoms with Gasteiger partial charge in [-0.25, -0.2) is 8.42 Å². The van der Waals surface area contributed by atoms with Crippen LogP contribution in [0.1, 0.15) is 0 Å². The van der Waals surface area contributed by atoms with Gasteiger partial charge < -0.3 is 9.47 Å². The van der Waals surface area contributed by atoms with Crippen LogP contribution in [0.25, 0.3) is 0 Å². The zero-order chi connectivity index (χ0) is 18.1. The van der Waals surface area contributed by atoms with Gasteiger partial charge in [0.15, 0.2) is 17.6 Å². The van der Waals surface area contributed by atoms with Crippen LogP contribution in [0.3, 0.4) is 0 Å². The summed E-state index contributed by atoms with van der Waals surface area (Å²) >= 11 is 6.80. The van der Waals surface area contributed by atoms with Gasteiger partial charge in [-0.2, -0.15) is 5.10 Å². The van der Waals surface area contributed by atoms with Crippen LogP contribution in [0, 0.1) is 0 Å². The first kappa shape index (κ1) is 17.2. The Morgan fingerprint density at radius 3 is 2.85 bits per heavy atom. The van der Waals surface area contributed by atoms with E-state index in [4.69, 9.17) is 21.1 Å². The van der Waals surface area contributed by atoms with Crippen molar-refractivity contribution in [3.63, 3.8) is 0 Å². The number of halogens is 1. The molecular formula is C16H14ClN3O4S2.